The molecule has 1 aliphatic rings. The lowest BCUT2D eigenvalue weighted by molar-refractivity contribution is -0.136. The Morgan fingerprint density at radius 2 is 2.00 bits per heavy atom. The van der Waals surface area contributed by atoms with Crippen molar-refractivity contribution in [2.24, 2.45) is 0 Å². The molecule has 0 spiro atoms. The molecule has 3 aromatic rings. The Kier molecular flexibility index (Phi) is 5.29. The standard InChI is InChI=1S/C21H18BrN3O5/c22-13-7-12-5-6-14(25-19(12)16(9-13)24-20(29)21(25)30)10-17(26)23-15-4-2-1-3-11(15)8-18(27)28/h1-4,7,9,14H,5-6,8,10H2,(H,23,26)(H,24,29)(H,27,28). The number of aromatic amines is 1. The number of aliphatic carboxylic acids is 1. The predicted molar refractivity (Wildman–Crippen MR) is 115 cm³/mol. The van der Waals surface area contributed by atoms with Crippen LogP contribution in [0.4, 0.5) is 5.69 Å². The molecule has 4 rings (SSSR count). The Balaban J connectivity index is 1.66. The molecule has 9 heteroatoms. The van der Waals surface area contributed by atoms with Crippen LogP contribution >= 0.6 is 15.9 Å². The Morgan fingerprint density at radius 3 is 2.77 bits per heavy atom. The van der Waals surface area contributed by atoms with Gasteiger partial charge in [0.15, 0.2) is 0 Å². The van der Waals surface area contributed by atoms with Crippen LogP contribution in [0, 0.1) is 0 Å². The average molecular weight is 472 g/mol. The molecule has 0 radical (unpaired) electrons. The number of nitrogens with zero attached hydrogens (tertiary/aromatic N) is 1. The van der Waals surface area contributed by atoms with Crippen LogP contribution in [0.25, 0.3) is 11.0 Å². The Bertz CT molecular complexity index is 1290. The molecule has 1 unspecified atom stereocenters. The summed E-state index contributed by atoms with van der Waals surface area (Å²) in [5.74, 6) is -1.34. The monoisotopic (exact) mass is 471 g/mol. The number of carboxylic acids is 1. The van der Waals surface area contributed by atoms with Crippen molar-refractivity contribution in [3.63, 3.8) is 0 Å². The van der Waals surface area contributed by atoms with Gasteiger partial charge in [0.25, 0.3) is 0 Å². The van der Waals surface area contributed by atoms with Gasteiger partial charge in [-0.15, -0.1) is 0 Å². The zero-order valence-electron chi connectivity index (χ0n) is 15.8. The van der Waals surface area contributed by atoms with E-state index in [1.807, 2.05) is 6.07 Å². The molecule has 30 heavy (non-hydrogen) atoms. The summed E-state index contributed by atoms with van der Waals surface area (Å²) in [6.45, 7) is 0. The number of carbonyl (C=O) groups excluding carboxylic acids is 1. The number of carboxylic acid groups (broad SMARTS) is 1. The molecule has 2 aromatic carbocycles. The van der Waals surface area contributed by atoms with Crippen molar-refractivity contribution in [2.45, 2.75) is 31.7 Å². The lowest BCUT2D eigenvalue weighted by atomic mass is 9.96. The molecule has 0 saturated heterocycles. The van der Waals surface area contributed by atoms with Crippen molar-refractivity contribution in [1.82, 2.24) is 9.55 Å². The number of aryl methyl sites for hydroxylation is 1. The molecule has 3 N–H and O–H groups in total. The Morgan fingerprint density at radius 1 is 1.23 bits per heavy atom. The quantitative estimate of drug-likeness (QED) is 0.493. The second kappa shape index (κ2) is 7.91. The van der Waals surface area contributed by atoms with Crippen molar-refractivity contribution in [2.75, 3.05) is 5.32 Å². The lowest BCUT2D eigenvalue weighted by Gasteiger charge is -2.27. The maximum absolute atomic E-state index is 12.7. The molecule has 0 aliphatic carbocycles. The van der Waals surface area contributed by atoms with Crippen LogP contribution in [0.1, 0.15) is 30.0 Å². The van der Waals surface area contributed by atoms with Gasteiger partial charge in [0.05, 0.1) is 17.5 Å². The first kappa shape index (κ1) is 20.1. The third kappa shape index (κ3) is 3.80. The number of aromatic nitrogens is 2. The van der Waals surface area contributed by atoms with E-state index in [2.05, 4.69) is 26.2 Å². The fraction of sp³-hybridized carbons (Fsp3) is 0.238. The number of rotatable bonds is 5. The number of halogens is 1. The topological polar surface area (TPSA) is 121 Å². The molecular formula is C21H18BrN3O5. The van der Waals surface area contributed by atoms with Crippen molar-refractivity contribution >= 4 is 44.5 Å². The van der Waals surface area contributed by atoms with E-state index in [0.717, 1.165) is 10.0 Å². The molecule has 2 heterocycles. The van der Waals surface area contributed by atoms with Crippen molar-refractivity contribution in [1.29, 1.82) is 0 Å². The fourth-order valence-electron chi connectivity index (χ4n) is 3.98. The van der Waals surface area contributed by atoms with E-state index in [4.69, 9.17) is 5.11 Å². The average Bonchev–Trinajstić information content (AvgIpc) is 2.67. The van der Waals surface area contributed by atoms with E-state index < -0.39 is 23.1 Å². The fourth-order valence-corrected chi connectivity index (χ4v) is 4.49. The van der Waals surface area contributed by atoms with Gasteiger partial charge < -0.3 is 15.4 Å². The van der Waals surface area contributed by atoms with E-state index in [0.29, 0.717) is 35.1 Å². The van der Waals surface area contributed by atoms with Gasteiger partial charge in [-0.05, 0) is 42.2 Å². The Labute approximate surface area is 178 Å². The van der Waals surface area contributed by atoms with Crippen LogP contribution in [-0.4, -0.2) is 26.5 Å². The molecule has 1 aliphatic heterocycles. The van der Waals surface area contributed by atoms with Gasteiger partial charge in [0.2, 0.25) is 5.91 Å². The summed E-state index contributed by atoms with van der Waals surface area (Å²) in [5.41, 5.74) is 1.61. The minimum Gasteiger partial charge on any atom is -0.481 e. The van der Waals surface area contributed by atoms with Crippen molar-refractivity contribution < 1.29 is 14.7 Å². The molecule has 1 aromatic heterocycles. The Hall–Kier alpha value is -3.20. The summed E-state index contributed by atoms with van der Waals surface area (Å²) in [6.07, 6.45) is 0.979. The van der Waals surface area contributed by atoms with Crippen molar-refractivity contribution in [3.8, 4) is 0 Å². The molecule has 0 fully saturated rings. The van der Waals surface area contributed by atoms with Crippen LogP contribution < -0.4 is 16.4 Å². The summed E-state index contributed by atoms with van der Waals surface area (Å²) in [6, 6.07) is 9.88. The first-order chi connectivity index (χ1) is 14.3. The predicted octanol–water partition coefficient (Wildman–Crippen LogP) is 2.60. The number of carbonyl (C=O) groups is 2. The zero-order chi connectivity index (χ0) is 21.4. The maximum atomic E-state index is 12.7. The highest BCUT2D eigenvalue weighted by Gasteiger charge is 2.26. The lowest BCUT2D eigenvalue weighted by Crippen LogP contribution is -2.41. The summed E-state index contributed by atoms with van der Waals surface area (Å²) < 4.78 is 2.22. The SMILES string of the molecule is O=C(O)Cc1ccccc1NC(=O)CC1CCc2cc(Br)cc3[nH]c(=O)c(=O)n1c23. The second-order valence-electron chi connectivity index (χ2n) is 7.26. The van der Waals surface area contributed by atoms with Crippen LogP contribution in [0.2, 0.25) is 0 Å². The van der Waals surface area contributed by atoms with Gasteiger partial charge >= 0.3 is 17.1 Å². The third-order valence-corrected chi connectivity index (χ3v) is 5.68. The highest BCUT2D eigenvalue weighted by atomic mass is 79.9. The van der Waals surface area contributed by atoms with Crippen LogP contribution in [-0.2, 0) is 22.4 Å². The number of anilines is 1. The summed E-state index contributed by atoms with van der Waals surface area (Å²) in [5, 5.41) is 11.8. The third-order valence-electron chi connectivity index (χ3n) is 5.22. The smallest absolute Gasteiger partial charge is 0.317 e. The van der Waals surface area contributed by atoms with Gasteiger partial charge in [-0.3, -0.25) is 23.7 Å². The van der Waals surface area contributed by atoms with E-state index in [-0.39, 0.29) is 18.7 Å². The van der Waals surface area contributed by atoms with Crippen LogP contribution in [0.5, 0.6) is 0 Å². The number of nitrogens with one attached hydrogen (secondary N) is 2. The van der Waals surface area contributed by atoms with Crippen molar-refractivity contribution in [3.05, 3.63) is 72.7 Å². The number of hydrogen-bond donors (Lipinski definition) is 3. The molecular weight excluding hydrogens is 454 g/mol. The summed E-state index contributed by atoms with van der Waals surface area (Å²) in [4.78, 5) is 51.2. The van der Waals surface area contributed by atoms with E-state index in [1.165, 1.54) is 4.57 Å². The van der Waals surface area contributed by atoms with Gasteiger partial charge in [0, 0.05) is 22.6 Å². The normalized spacial score (nSPS) is 15.2. The summed E-state index contributed by atoms with van der Waals surface area (Å²) in [7, 11) is 0. The minimum atomic E-state index is -0.996. The highest BCUT2D eigenvalue weighted by Crippen LogP contribution is 2.32. The van der Waals surface area contributed by atoms with E-state index >= 15 is 0 Å². The van der Waals surface area contributed by atoms with Gasteiger partial charge in [0.1, 0.15) is 0 Å². The minimum absolute atomic E-state index is 0.00459. The molecule has 1 atom stereocenters. The van der Waals surface area contributed by atoms with Gasteiger partial charge in [-0.25, -0.2) is 0 Å². The highest BCUT2D eigenvalue weighted by molar-refractivity contribution is 9.10. The largest absolute Gasteiger partial charge is 0.481 e. The number of para-hydroxylation sites is 1. The van der Waals surface area contributed by atoms with Crippen LogP contribution in [0.3, 0.4) is 0 Å². The number of benzene rings is 2. The molecule has 0 bridgehead atoms. The van der Waals surface area contributed by atoms with Gasteiger partial charge in [-0.1, -0.05) is 34.1 Å². The molecule has 8 nitrogen and oxygen atoms in total. The molecule has 154 valence electrons. The first-order valence-electron chi connectivity index (χ1n) is 9.40. The number of H-pyrrole nitrogens is 1. The van der Waals surface area contributed by atoms with E-state index in [9.17, 15) is 19.2 Å². The van der Waals surface area contributed by atoms with Crippen LogP contribution in [0.15, 0.2) is 50.5 Å². The zero-order valence-corrected chi connectivity index (χ0v) is 17.4. The number of hydrogen-bond acceptors (Lipinski definition) is 4. The molecule has 1 amide bonds. The number of amides is 1. The second-order valence-corrected chi connectivity index (χ2v) is 8.18. The maximum Gasteiger partial charge on any atom is 0.317 e. The molecule has 0 saturated carbocycles. The first-order valence-corrected chi connectivity index (χ1v) is 10.2. The van der Waals surface area contributed by atoms with E-state index in [1.54, 1.807) is 30.3 Å². The summed E-state index contributed by atoms with van der Waals surface area (Å²) >= 11 is 3.42. The van der Waals surface area contributed by atoms with Gasteiger partial charge in [-0.2, -0.15) is 0 Å².